The van der Waals surface area contributed by atoms with Crippen molar-refractivity contribution in [2.75, 3.05) is 13.6 Å². The molecule has 0 bridgehead atoms. The molecule has 1 amide bonds. The number of benzene rings is 1. The number of rotatable bonds is 2. The molecule has 1 fully saturated rings. The van der Waals surface area contributed by atoms with Gasteiger partial charge in [0.25, 0.3) is 0 Å². The molecule has 1 saturated carbocycles. The summed E-state index contributed by atoms with van der Waals surface area (Å²) in [6, 6.07) is 4.35. The average Bonchev–Trinajstić information content (AvgIpc) is 2.60. The van der Waals surface area contributed by atoms with Crippen molar-refractivity contribution in [2.45, 2.75) is 57.8 Å². The third kappa shape index (κ3) is 3.68. The molecule has 1 heterocycles. The number of hydrogen-bond donors (Lipinski definition) is 1. The molecule has 6 heteroatoms. The smallest absolute Gasteiger partial charge is 0.338 e. The third-order valence-electron chi connectivity index (χ3n) is 5.85. The van der Waals surface area contributed by atoms with Crippen molar-refractivity contribution in [1.29, 1.82) is 0 Å². The number of hydrogen-bond acceptors (Lipinski definition) is 2. The maximum absolute atomic E-state index is 13.0. The van der Waals surface area contributed by atoms with E-state index in [1.54, 1.807) is 11.0 Å². The summed E-state index contributed by atoms with van der Waals surface area (Å²) >= 11 is 0. The molecule has 0 aromatic heterocycles. The van der Waals surface area contributed by atoms with Gasteiger partial charge < -0.3 is 10.2 Å². The molecule has 138 valence electrons. The van der Waals surface area contributed by atoms with Gasteiger partial charge in [-0.2, -0.15) is 13.2 Å². The molecule has 0 saturated heterocycles. The second kappa shape index (κ2) is 6.63. The quantitative estimate of drug-likeness (QED) is 0.877. The first-order valence-corrected chi connectivity index (χ1v) is 8.88. The zero-order valence-electron chi connectivity index (χ0n) is 14.7. The van der Waals surface area contributed by atoms with Crippen LogP contribution < -0.4 is 5.32 Å². The zero-order chi connectivity index (χ0) is 18.2. The first-order valence-electron chi connectivity index (χ1n) is 8.88. The van der Waals surface area contributed by atoms with Gasteiger partial charge in [0.05, 0.1) is 5.56 Å². The molecular weight excluding hydrogens is 329 g/mol. The highest BCUT2D eigenvalue weighted by Gasteiger charge is 2.40. The van der Waals surface area contributed by atoms with Gasteiger partial charge in [-0.3, -0.25) is 4.79 Å². The van der Waals surface area contributed by atoms with E-state index in [4.69, 9.17) is 0 Å². The Balaban J connectivity index is 1.74. The van der Waals surface area contributed by atoms with Crippen LogP contribution in [0.1, 0.15) is 49.3 Å². The standard InChI is InChI=1S/C19H25F3N2O/c1-18(8-5-16(23-2)6-9-18)17(25)24-10-7-13-3-4-15(19(20,21)22)11-14(13)12-24/h3-4,11,16,23H,5-10,12H2,1-2H3. The van der Waals surface area contributed by atoms with Gasteiger partial charge in [-0.25, -0.2) is 0 Å². The highest BCUT2D eigenvalue weighted by atomic mass is 19.4. The number of alkyl halides is 3. The van der Waals surface area contributed by atoms with Crippen LogP contribution in [-0.2, 0) is 23.9 Å². The Hall–Kier alpha value is -1.56. The van der Waals surface area contributed by atoms with E-state index in [-0.39, 0.29) is 12.5 Å². The van der Waals surface area contributed by atoms with E-state index in [1.807, 2.05) is 14.0 Å². The van der Waals surface area contributed by atoms with Gasteiger partial charge in [-0.15, -0.1) is 0 Å². The molecule has 0 atom stereocenters. The Morgan fingerprint density at radius 2 is 1.92 bits per heavy atom. The van der Waals surface area contributed by atoms with Crippen LogP contribution in [0.15, 0.2) is 18.2 Å². The summed E-state index contributed by atoms with van der Waals surface area (Å²) in [5.74, 6) is 0.0881. The van der Waals surface area contributed by atoms with Crippen LogP contribution in [0.5, 0.6) is 0 Å². The van der Waals surface area contributed by atoms with Crippen LogP contribution in [0.25, 0.3) is 0 Å². The van der Waals surface area contributed by atoms with Crippen LogP contribution in [-0.4, -0.2) is 30.4 Å². The molecule has 1 aromatic rings. The van der Waals surface area contributed by atoms with Crippen LogP contribution in [0.2, 0.25) is 0 Å². The van der Waals surface area contributed by atoms with Crippen LogP contribution >= 0.6 is 0 Å². The Kier molecular flexibility index (Phi) is 4.84. The van der Waals surface area contributed by atoms with E-state index in [9.17, 15) is 18.0 Å². The van der Waals surface area contributed by atoms with Gasteiger partial charge in [0.15, 0.2) is 0 Å². The van der Waals surface area contributed by atoms with Crippen molar-refractivity contribution in [1.82, 2.24) is 10.2 Å². The highest BCUT2D eigenvalue weighted by Crippen LogP contribution is 2.39. The lowest BCUT2D eigenvalue weighted by molar-refractivity contribution is -0.144. The zero-order valence-corrected chi connectivity index (χ0v) is 14.7. The second-order valence-corrected chi connectivity index (χ2v) is 7.58. The van der Waals surface area contributed by atoms with E-state index in [2.05, 4.69) is 5.32 Å². The predicted octanol–water partition coefficient (Wildman–Crippen LogP) is 3.76. The summed E-state index contributed by atoms with van der Waals surface area (Å²) in [5.41, 5.74) is 0.510. The SMILES string of the molecule is CNC1CCC(C)(C(=O)N2CCc3ccc(C(F)(F)F)cc3C2)CC1. The highest BCUT2D eigenvalue weighted by molar-refractivity contribution is 5.82. The number of carbonyl (C=O) groups excluding carboxylic acids is 1. The van der Waals surface area contributed by atoms with Gasteiger partial charge >= 0.3 is 6.18 Å². The van der Waals surface area contributed by atoms with E-state index < -0.39 is 17.2 Å². The summed E-state index contributed by atoms with van der Waals surface area (Å²) < 4.78 is 38.8. The number of amides is 1. The fourth-order valence-corrected chi connectivity index (χ4v) is 4.05. The third-order valence-corrected chi connectivity index (χ3v) is 5.85. The lowest BCUT2D eigenvalue weighted by Crippen LogP contribution is -2.47. The molecule has 1 aliphatic carbocycles. The van der Waals surface area contributed by atoms with Gasteiger partial charge in [0, 0.05) is 24.5 Å². The Morgan fingerprint density at radius 1 is 1.24 bits per heavy atom. The Labute approximate surface area is 146 Å². The fourth-order valence-electron chi connectivity index (χ4n) is 4.05. The normalized spacial score (nSPS) is 27.1. The van der Waals surface area contributed by atoms with E-state index >= 15 is 0 Å². The molecule has 0 unspecified atom stereocenters. The summed E-state index contributed by atoms with van der Waals surface area (Å²) in [4.78, 5) is 14.8. The van der Waals surface area contributed by atoms with Crippen LogP contribution in [0, 0.1) is 5.41 Å². The van der Waals surface area contributed by atoms with Gasteiger partial charge in [-0.05, 0) is 62.4 Å². The van der Waals surface area contributed by atoms with Gasteiger partial charge in [-0.1, -0.05) is 13.0 Å². The average molecular weight is 354 g/mol. The first-order chi connectivity index (χ1) is 11.7. The van der Waals surface area contributed by atoms with Crippen molar-refractivity contribution in [3.05, 3.63) is 34.9 Å². The van der Waals surface area contributed by atoms with Gasteiger partial charge in [0.2, 0.25) is 5.91 Å². The maximum Gasteiger partial charge on any atom is 0.416 e. The molecule has 0 radical (unpaired) electrons. The van der Waals surface area contributed by atoms with Crippen molar-refractivity contribution < 1.29 is 18.0 Å². The molecule has 3 rings (SSSR count). The number of nitrogens with zero attached hydrogens (tertiary/aromatic N) is 1. The first kappa shape index (κ1) is 18.2. The number of halogens is 3. The molecular formula is C19H25F3N2O. The lowest BCUT2D eigenvalue weighted by Gasteiger charge is -2.41. The van der Waals surface area contributed by atoms with Crippen LogP contribution in [0.3, 0.4) is 0 Å². The monoisotopic (exact) mass is 354 g/mol. The Morgan fingerprint density at radius 3 is 2.52 bits per heavy atom. The Bertz CT molecular complexity index is 649. The van der Waals surface area contributed by atoms with Crippen molar-refractivity contribution in [3.8, 4) is 0 Å². The van der Waals surface area contributed by atoms with E-state index in [0.717, 1.165) is 37.3 Å². The molecule has 1 aliphatic heterocycles. The van der Waals surface area contributed by atoms with Crippen molar-refractivity contribution in [2.24, 2.45) is 5.41 Å². The molecule has 1 aromatic carbocycles. The molecule has 25 heavy (non-hydrogen) atoms. The largest absolute Gasteiger partial charge is 0.416 e. The van der Waals surface area contributed by atoms with E-state index in [0.29, 0.717) is 24.6 Å². The maximum atomic E-state index is 13.0. The molecule has 1 N–H and O–H groups in total. The van der Waals surface area contributed by atoms with Gasteiger partial charge in [0.1, 0.15) is 0 Å². The molecule has 0 spiro atoms. The minimum Gasteiger partial charge on any atom is -0.338 e. The summed E-state index contributed by atoms with van der Waals surface area (Å²) in [6.07, 6.45) is -0.164. The topological polar surface area (TPSA) is 32.3 Å². The summed E-state index contributed by atoms with van der Waals surface area (Å²) in [5, 5.41) is 3.26. The number of nitrogens with one attached hydrogen (secondary N) is 1. The minimum absolute atomic E-state index is 0.0881. The molecule has 3 nitrogen and oxygen atoms in total. The van der Waals surface area contributed by atoms with Crippen molar-refractivity contribution >= 4 is 5.91 Å². The lowest BCUT2D eigenvalue weighted by atomic mass is 9.72. The predicted molar refractivity (Wildman–Crippen MR) is 90.0 cm³/mol. The number of carbonyl (C=O) groups is 1. The molecule has 2 aliphatic rings. The summed E-state index contributed by atoms with van der Waals surface area (Å²) in [7, 11) is 1.94. The van der Waals surface area contributed by atoms with E-state index in [1.165, 1.54) is 6.07 Å². The fraction of sp³-hybridized carbons (Fsp3) is 0.632. The second-order valence-electron chi connectivity index (χ2n) is 7.58. The summed E-state index contributed by atoms with van der Waals surface area (Å²) in [6.45, 7) is 2.87. The van der Waals surface area contributed by atoms with Crippen LogP contribution in [0.4, 0.5) is 13.2 Å². The van der Waals surface area contributed by atoms with Crippen molar-refractivity contribution in [3.63, 3.8) is 0 Å². The minimum atomic E-state index is -4.35. The number of fused-ring (bicyclic) bond motifs is 1.